The molecule has 1 rings (SSSR count). The number of piperazine rings is 1. The highest BCUT2D eigenvalue weighted by molar-refractivity contribution is 5.81. The molecule has 2 unspecified atom stereocenters. The number of carbonyl (C=O) groups is 1. The Bertz CT molecular complexity index is 225. The standard InChI is InChI=1S/C10H19N3O2/c1-3-4-10(14)15-13-8(2)9-7-11-5-6-12-9/h3-4,8-9,11-13H,5-7H2,1-2H3/b4-3+. The molecule has 1 fully saturated rings. The monoisotopic (exact) mass is 213 g/mol. The molecule has 0 aromatic heterocycles. The van der Waals surface area contributed by atoms with Crippen LogP contribution < -0.4 is 16.1 Å². The summed E-state index contributed by atoms with van der Waals surface area (Å²) >= 11 is 0. The van der Waals surface area contributed by atoms with Crippen molar-refractivity contribution in [3.63, 3.8) is 0 Å². The van der Waals surface area contributed by atoms with Crippen LogP contribution in [-0.2, 0) is 9.63 Å². The van der Waals surface area contributed by atoms with Crippen LogP contribution in [0.2, 0.25) is 0 Å². The molecule has 3 N–H and O–H groups in total. The van der Waals surface area contributed by atoms with E-state index in [2.05, 4.69) is 16.1 Å². The molecule has 0 radical (unpaired) electrons. The maximum atomic E-state index is 11.0. The molecule has 1 aliphatic rings. The molecule has 1 aliphatic heterocycles. The van der Waals surface area contributed by atoms with Crippen LogP contribution in [0.5, 0.6) is 0 Å². The van der Waals surface area contributed by atoms with Crippen LogP contribution in [0.3, 0.4) is 0 Å². The van der Waals surface area contributed by atoms with Crippen LogP contribution in [0, 0.1) is 0 Å². The van der Waals surface area contributed by atoms with Crippen molar-refractivity contribution < 1.29 is 9.63 Å². The number of carbonyl (C=O) groups excluding carboxylic acids is 1. The Hall–Kier alpha value is -0.910. The van der Waals surface area contributed by atoms with Crippen LogP contribution in [0.4, 0.5) is 0 Å². The second kappa shape index (κ2) is 6.55. The van der Waals surface area contributed by atoms with Crippen molar-refractivity contribution in [3.05, 3.63) is 12.2 Å². The zero-order valence-corrected chi connectivity index (χ0v) is 9.25. The van der Waals surface area contributed by atoms with E-state index < -0.39 is 0 Å². The van der Waals surface area contributed by atoms with E-state index in [9.17, 15) is 4.79 Å². The van der Waals surface area contributed by atoms with E-state index in [1.807, 2.05) is 6.92 Å². The first-order valence-corrected chi connectivity index (χ1v) is 5.27. The summed E-state index contributed by atoms with van der Waals surface area (Å²) in [5.41, 5.74) is 2.73. The summed E-state index contributed by atoms with van der Waals surface area (Å²) < 4.78 is 0. The lowest BCUT2D eigenvalue weighted by molar-refractivity contribution is -0.147. The number of allylic oxidation sites excluding steroid dienone is 1. The smallest absolute Gasteiger partial charge is 0.349 e. The van der Waals surface area contributed by atoms with Crippen LogP contribution in [0.1, 0.15) is 13.8 Å². The first-order chi connectivity index (χ1) is 7.24. The lowest BCUT2D eigenvalue weighted by Crippen LogP contribution is -2.57. The third-order valence-electron chi connectivity index (χ3n) is 2.32. The van der Waals surface area contributed by atoms with E-state index in [-0.39, 0.29) is 18.1 Å². The van der Waals surface area contributed by atoms with Crippen molar-refractivity contribution in [2.75, 3.05) is 19.6 Å². The van der Waals surface area contributed by atoms with Crippen LogP contribution in [0.15, 0.2) is 12.2 Å². The average molecular weight is 213 g/mol. The number of hydrogen-bond donors (Lipinski definition) is 3. The average Bonchev–Trinajstić information content (AvgIpc) is 2.27. The van der Waals surface area contributed by atoms with Crippen molar-refractivity contribution in [1.29, 1.82) is 0 Å². The Kier molecular flexibility index (Phi) is 5.31. The molecule has 0 spiro atoms. The predicted octanol–water partition coefficient (Wildman–Crippen LogP) is -0.440. The Morgan fingerprint density at radius 2 is 2.40 bits per heavy atom. The van der Waals surface area contributed by atoms with Gasteiger partial charge >= 0.3 is 5.97 Å². The Morgan fingerprint density at radius 1 is 1.60 bits per heavy atom. The Labute approximate surface area is 90.2 Å². The zero-order valence-electron chi connectivity index (χ0n) is 9.25. The van der Waals surface area contributed by atoms with Gasteiger partial charge in [0.05, 0.1) is 6.04 Å². The van der Waals surface area contributed by atoms with Gasteiger partial charge in [0.25, 0.3) is 0 Å². The van der Waals surface area contributed by atoms with Gasteiger partial charge in [-0.05, 0) is 13.8 Å². The normalized spacial score (nSPS) is 24.0. The van der Waals surface area contributed by atoms with E-state index in [4.69, 9.17) is 4.84 Å². The minimum Gasteiger partial charge on any atom is -0.367 e. The SMILES string of the molecule is C/C=C/C(=O)ONC(C)C1CNCCN1. The van der Waals surface area contributed by atoms with Gasteiger partial charge in [-0.3, -0.25) is 0 Å². The van der Waals surface area contributed by atoms with Crippen LogP contribution in [0.25, 0.3) is 0 Å². The quantitative estimate of drug-likeness (QED) is 0.436. The molecule has 5 nitrogen and oxygen atoms in total. The highest BCUT2D eigenvalue weighted by Gasteiger charge is 2.19. The second-order valence-electron chi connectivity index (χ2n) is 3.59. The first kappa shape index (κ1) is 12.2. The molecule has 0 bridgehead atoms. The maximum absolute atomic E-state index is 11.0. The van der Waals surface area contributed by atoms with Gasteiger partial charge in [-0.15, -0.1) is 5.48 Å². The van der Waals surface area contributed by atoms with Gasteiger partial charge in [-0.25, -0.2) is 4.79 Å². The number of hydrogen-bond acceptors (Lipinski definition) is 5. The van der Waals surface area contributed by atoms with Crippen molar-refractivity contribution in [3.8, 4) is 0 Å². The summed E-state index contributed by atoms with van der Waals surface area (Å²) in [4.78, 5) is 15.9. The summed E-state index contributed by atoms with van der Waals surface area (Å²) in [6.45, 7) is 6.57. The first-order valence-electron chi connectivity index (χ1n) is 5.27. The molecule has 86 valence electrons. The summed E-state index contributed by atoms with van der Waals surface area (Å²) in [5.74, 6) is -0.367. The van der Waals surface area contributed by atoms with E-state index in [1.54, 1.807) is 13.0 Å². The van der Waals surface area contributed by atoms with E-state index >= 15 is 0 Å². The fourth-order valence-corrected chi connectivity index (χ4v) is 1.43. The van der Waals surface area contributed by atoms with E-state index in [1.165, 1.54) is 6.08 Å². The molecule has 0 amide bonds. The molecule has 5 heteroatoms. The van der Waals surface area contributed by atoms with E-state index in [0.29, 0.717) is 0 Å². The highest BCUT2D eigenvalue weighted by Crippen LogP contribution is 1.95. The summed E-state index contributed by atoms with van der Waals surface area (Å²) in [7, 11) is 0. The molecule has 15 heavy (non-hydrogen) atoms. The third-order valence-corrected chi connectivity index (χ3v) is 2.32. The lowest BCUT2D eigenvalue weighted by atomic mass is 10.1. The maximum Gasteiger partial charge on any atom is 0.349 e. The van der Waals surface area contributed by atoms with Crippen molar-refractivity contribution in [2.45, 2.75) is 25.9 Å². The minimum absolute atomic E-state index is 0.0898. The topological polar surface area (TPSA) is 62.4 Å². The van der Waals surface area contributed by atoms with Crippen molar-refractivity contribution >= 4 is 5.97 Å². The van der Waals surface area contributed by atoms with E-state index in [0.717, 1.165) is 19.6 Å². The van der Waals surface area contributed by atoms with Gasteiger partial charge in [0.1, 0.15) is 0 Å². The van der Waals surface area contributed by atoms with Crippen molar-refractivity contribution in [1.82, 2.24) is 16.1 Å². The lowest BCUT2D eigenvalue weighted by Gasteiger charge is -2.29. The van der Waals surface area contributed by atoms with Crippen LogP contribution >= 0.6 is 0 Å². The third kappa shape index (κ3) is 4.42. The van der Waals surface area contributed by atoms with Crippen LogP contribution in [-0.4, -0.2) is 37.7 Å². The molecule has 0 aromatic rings. The predicted molar refractivity (Wildman–Crippen MR) is 58.2 cm³/mol. The minimum atomic E-state index is -0.367. The van der Waals surface area contributed by atoms with Crippen molar-refractivity contribution in [2.24, 2.45) is 0 Å². The summed E-state index contributed by atoms with van der Waals surface area (Å²) in [6, 6.07) is 0.379. The molecule has 0 aromatic carbocycles. The van der Waals surface area contributed by atoms with Gasteiger partial charge in [0.15, 0.2) is 0 Å². The fraction of sp³-hybridized carbons (Fsp3) is 0.700. The van der Waals surface area contributed by atoms with Gasteiger partial charge in [-0.2, -0.15) is 0 Å². The number of hydroxylamine groups is 1. The van der Waals surface area contributed by atoms with Gasteiger partial charge in [-0.1, -0.05) is 6.08 Å². The molecule has 0 saturated carbocycles. The molecular formula is C10H19N3O2. The molecule has 1 saturated heterocycles. The molecule has 2 atom stereocenters. The Morgan fingerprint density at radius 3 is 3.00 bits per heavy atom. The summed E-state index contributed by atoms with van der Waals surface area (Å²) in [5, 5.41) is 6.61. The summed E-state index contributed by atoms with van der Waals surface area (Å²) in [6.07, 6.45) is 3.03. The molecule has 1 heterocycles. The highest BCUT2D eigenvalue weighted by atomic mass is 16.7. The molecule has 0 aliphatic carbocycles. The number of nitrogens with one attached hydrogen (secondary N) is 3. The van der Waals surface area contributed by atoms with Gasteiger partial charge in [0, 0.05) is 31.8 Å². The zero-order chi connectivity index (χ0) is 11.1. The fourth-order valence-electron chi connectivity index (χ4n) is 1.43. The van der Waals surface area contributed by atoms with Gasteiger partial charge in [0.2, 0.25) is 0 Å². The second-order valence-corrected chi connectivity index (χ2v) is 3.59. The number of rotatable bonds is 4. The largest absolute Gasteiger partial charge is 0.367 e. The van der Waals surface area contributed by atoms with Gasteiger partial charge < -0.3 is 15.5 Å². The molecular weight excluding hydrogens is 194 g/mol. The Balaban J connectivity index is 2.22.